The van der Waals surface area contributed by atoms with Gasteiger partial charge in [0.2, 0.25) is 0 Å². The number of nitrogens with zero attached hydrogens (tertiary/aromatic N) is 2. The van der Waals surface area contributed by atoms with Crippen molar-refractivity contribution < 1.29 is 64.8 Å². The highest BCUT2D eigenvalue weighted by Gasteiger charge is 2.10. The van der Waals surface area contributed by atoms with E-state index in [9.17, 15) is 34.2 Å². The van der Waals surface area contributed by atoms with Crippen LogP contribution in [0.5, 0.6) is 5.75 Å². The molecule has 2 atom stereocenters. The van der Waals surface area contributed by atoms with Gasteiger partial charge in [0.25, 0.3) is 0 Å². The molecule has 0 aromatic heterocycles. The van der Waals surface area contributed by atoms with Gasteiger partial charge >= 0.3 is 23.9 Å². The molecule has 0 bridgehead atoms. The maximum Gasteiger partial charge on any atom is 0.335 e. The molecule has 0 aliphatic rings. The van der Waals surface area contributed by atoms with Gasteiger partial charge in [-0.05, 0) is 103 Å². The SMILES string of the molecule is NC(N)=NCCC[C@H](N)C(=O)O.NC(N)=NCCC[C@H](N)C(=O)O.NCNCCCCCO.NCNCCCCCO.O=C(O)c1ccccc1[O-].O=C([O-])CCCCCCCC(=O)O. The topological polar surface area (TPSA) is 510 Å². The van der Waals surface area contributed by atoms with E-state index in [-0.39, 0.29) is 30.3 Å². The number of guanidine groups is 2. The van der Waals surface area contributed by atoms with E-state index in [1.807, 2.05) is 0 Å². The van der Waals surface area contributed by atoms with Crippen molar-refractivity contribution >= 4 is 41.8 Å². The Hall–Kier alpha value is -5.41. The Morgan fingerprint density at radius 3 is 1.28 bits per heavy atom. The monoisotopic (exact) mass is 937 g/mol. The zero-order valence-corrected chi connectivity index (χ0v) is 37.7. The summed E-state index contributed by atoms with van der Waals surface area (Å²) >= 11 is 0. The Morgan fingerprint density at radius 1 is 0.585 bits per heavy atom. The van der Waals surface area contributed by atoms with Crippen LogP contribution in [0.1, 0.15) is 120 Å². The van der Waals surface area contributed by atoms with Gasteiger partial charge in [-0.3, -0.25) is 24.4 Å². The molecule has 0 saturated heterocycles. The van der Waals surface area contributed by atoms with Gasteiger partial charge in [-0.1, -0.05) is 43.2 Å². The zero-order valence-electron chi connectivity index (χ0n) is 37.7. The largest absolute Gasteiger partial charge is 0.872 e. The second-order valence-corrected chi connectivity index (χ2v) is 13.6. The minimum absolute atomic E-state index is 0.0129. The lowest BCUT2D eigenvalue weighted by Crippen LogP contribution is -2.30. The quantitative estimate of drug-likeness (QED) is 0.0155. The van der Waals surface area contributed by atoms with Gasteiger partial charge in [-0.25, -0.2) is 4.79 Å². The number of nitrogens with two attached hydrogens (primary N) is 8. The number of aliphatic carboxylic acids is 4. The van der Waals surface area contributed by atoms with Crippen molar-refractivity contribution in [3.05, 3.63) is 29.8 Å². The lowest BCUT2D eigenvalue weighted by atomic mass is 10.1. The van der Waals surface area contributed by atoms with Crippen LogP contribution in [0.4, 0.5) is 0 Å². The Kier molecular flexibility index (Phi) is 55.9. The molecular formula is C40H80N12O13-2. The maximum atomic E-state index is 10.7. The molecule has 25 heteroatoms. The summed E-state index contributed by atoms with van der Waals surface area (Å²) in [6.45, 7) is 4.50. The Bertz CT molecular complexity index is 1290. The molecule has 0 aliphatic carbocycles. The van der Waals surface area contributed by atoms with E-state index < -0.39 is 47.7 Å². The minimum atomic E-state index is -1.18. The molecule has 0 fully saturated rings. The second kappa shape index (κ2) is 52.9. The van der Waals surface area contributed by atoms with Crippen LogP contribution < -0.4 is 66.7 Å². The molecule has 1 rings (SSSR count). The zero-order chi connectivity index (χ0) is 50.7. The van der Waals surface area contributed by atoms with Gasteiger partial charge < -0.3 is 102 Å². The van der Waals surface area contributed by atoms with E-state index in [4.69, 9.17) is 76.5 Å². The molecule has 0 spiro atoms. The molecule has 0 aliphatic heterocycles. The molecule has 1 aromatic rings. The summed E-state index contributed by atoms with van der Waals surface area (Å²) in [4.78, 5) is 58.1. The van der Waals surface area contributed by atoms with Gasteiger partial charge in [0, 0.05) is 52.0 Å². The number of benzene rings is 1. The molecule has 65 heavy (non-hydrogen) atoms. The predicted octanol–water partition coefficient (Wildman–Crippen LogP) is -2.78. The highest BCUT2D eigenvalue weighted by atomic mass is 16.4. The molecule has 0 saturated carbocycles. The van der Waals surface area contributed by atoms with Crippen molar-refractivity contribution in [2.45, 2.75) is 121 Å². The van der Waals surface area contributed by atoms with E-state index in [1.165, 1.54) is 24.3 Å². The number of hydrogen-bond donors (Lipinski definition) is 16. The number of carbonyl (C=O) groups is 5. The molecule has 1 aromatic carbocycles. The van der Waals surface area contributed by atoms with Gasteiger partial charge in [-0.2, -0.15) is 0 Å². The average Bonchev–Trinajstić information content (AvgIpc) is 3.24. The van der Waals surface area contributed by atoms with Crippen molar-refractivity contribution in [3.8, 4) is 5.75 Å². The summed E-state index contributed by atoms with van der Waals surface area (Å²) in [6.07, 6.45) is 12.4. The smallest absolute Gasteiger partial charge is 0.335 e. The number of para-hydroxylation sites is 1. The first-order valence-corrected chi connectivity index (χ1v) is 21.3. The highest BCUT2D eigenvalue weighted by molar-refractivity contribution is 5.90. The first-order chi connectivity index (χ1) is 30.7. The summed E-state index contributed by atoms with van der Waals surface area (Å²) in [5, 5.41) is 76.9. The van der Waals surface area contributed by atoms with Crippen LogP contribution in [0.25, 0.3) is 0 Å². The van der Waals surface area contributed by atoms with Crippen LogP contribution in [0.3, 0.4) is 0 Å². The molecule has 25 nitrogen and oxygen atoms in total. The number of carboxylic acid groups (broad SMARTS) is 5. The minimum Gasteiger partial charge on any atom is -0.872 e. The van der Waals surface area contributed by atoms with Crippen LogP contribution in [0, 0.1) is 0 Å². The predicted molar refractivity (Wildman–Crippen MR) is 245 cm³/mol. The fourth-order valence-electron chi connectivity index (χ4n) is 4.29. The van der Waals surface area contributed by atoms with Crippen molar-refractivity contribution in [2.24, 2.45) is 55.9 Å². The molecular weight excluding hydrogens is 857 g/mol. The van der Waals surface area contributed by atoms with Crippen LogP contribution in [-0.4, -0.2) is 137 Å². The average molecular weight is 937 g/mol. The van der Waals surface area contributed by atoms with Gasteiger partial charge in [0.05, 0.1) is 5.56 Å². The van der Waals surface area contributed by atoms with Gasteiger partial charge in [-0.15, -0.1) is 0 Å². The number of aromatic carboxylic acids is 1. The standard InChI is InChI=1S/C9H16O4.C7H6O3.2C6H14N4O2.2C6H16N2O/c10-8(11)6-4-2-1-3-5-7-9(12)13;8-6-4-2-1-3-5(6)7(9)10;2*7-4(5(11)12)2-1-3-10-6(8)9;2*7-6-8-4-2-1-3-5-9/h1-7H2,(H,10,11)(H,12,13);1-4,8H,(H,9,10);2*4H,1-3,7H2,(H,11,12)(H4,8,9,10);2*8-9H,1-7H2/p-2/t;;2*4-;;/m..00../s1. The third-order valence-electron chi connectivity index (χ3n) is 7.77. The molecule has 0 amide bonds. The number of carbonyl (C=O) groups excluding carboxylic acids is 1. The maximum absolute atomic E-state index is 10.7. The number of aliphatic hydroxyl groups excluding tert-OH is 2. The number of unbranched alkanes of at least 4 members (excludes halogenated alkanes) is 8. The van der Waals surface area contributed by atoms with Crippen molar-refractivity contribution in [2.75, 3.05) is 52.7 Å². The first kappa shape index (κ1) is 68.6. The fourth-order valence-corrected chi connectivity index (χ4v) is 4.29. The summed E-state index contributed by atoms with van der Waals surface area (Å²) in [6, 6.07) is 3.90. The van der Waals surface area contributed by atoms with Crippen LogP contribution >= 0.6 is 0 Å². The van der Waals surface area contributed by atoms with E-state index in [0.717, 1.165) is 70.9 Å². The van der Waals surface area contributed by atoms with Crippen molar-refractivity contribution in [3.63, 3.8) is 0 Å². The van der Waals surface area contributed by atoms with Crippen LogP contribution in [0.2, 0.25) is 0 Å². The number of nitrogens with one attached hydrogen (secondary N) is 2. The summed E-state index contributed by atoms with van der Waals surface area (Å²) in [7, 11) is 0. The third-order valence-corrected chi connectivity index (χ3v) is 7.77. The lowest BCUT2D eigenvalue weighted by Gasteiger charge is -2.07. The highest BCUT2D eigenvalue weighted by Crippen LogP contribution is 2.11. The number of aliphatic imine (C=N–C) groups is 2. The van der Waals surface area contributed by atoms with E-state index in [0.29, 0.717) is 78.2 Å². The summed E-state index contributed by atoms with van der Waals surface area (Å²) < 4.78 is 0. The Balaban J connectivity index is -0.000000223. The Morgan fingerprint density at radius 2 is 0.969 bits per heavy atom. The van der Waals surface area contributed by atoms with Gasteiger partial charge in [0.15, 0.2) is 11.9 Å². The number of aliphatic hydroxyl groups is 2. The molecule has 24 N–H and O–H groups in total. The normalized spacial score (nSPS) is 10.6. The Labute approximate surface area is 382 Å². The third kappa shape index (κ3) is 65.3. The molecule has 380 valence electrons. The fraction of sp³-hybridized carbons (Fsp3) is 0.675. The van der Waals surface area contributed by atoms with E-state index in [1.54, 1.807) is 0 Å². The van der Waals surface area contributed by atoms with Gasteiger partial charge in [0.1, 0.15) is 12.1 Å². The molecule has 0 unspecified atom stereocenters. The van der Waals surface area contributed by atoms with Crippen molar-refractivity contribution in [1.82, 2.24) is 10.6 Å². The second-order valence-electron chi connectivity index (χ2n) is 13.6. The van der Waals surface area contributed by atoms with E-state index in [2.05, 4.69) is 20.6 Å². The van der Waals surface area contributed by atoms with Crippen LogP contribution in [-0.2, 0) is 19.2 Å². The summed E-state index contributed by atoms with van der Waals surface area (Å²) in [5.41, 5.74) is 40.8. The number of carboxylic acids is 5. The van der Waals surface area contributed by atoms with Crippen molar-refractivity contribution in [1.29, 1.82) is 0 Å². The van der Waals surface area contributed by atoms with E-state index >= 15 is 0 Å². The summed E-state index contributed by atoms with van der Waals surface area (Å²) in [5.74, 6) is -5.38. The molecule has 0 heterocycles. The number of hydrogen-bond acceptors (Lipinski definition) is 17. The lowest BCUT2D eigenvalue weighted by molar-refractivity contribution is -0.305. The number of rotatable bonds is 31. The molecule has 0 radical (unpaired) electrons. The van der Waals surface area contributed by atoms with Crippen LogP contribution in [0.15, 0.2) is 34.3 Å². The first-order valence-electron chi connectivity index (χ1n) is 21.3.